The maximum Gasteiger partial charge on any atom is 0.268 e. The van der Waals surface area contributed by atoms with Crippen LogP contribution in [0, 0.1) is 11.8 Å². The molecule has 21 heavy (non-hydrogen) atoms. The van der Waals surface area contributed by atoms with Crippen LogP contribution in [0.25, 0.3) is 0 Å². The molecule has 0 radical (unpaired) electrons. The van der Waals surface area contributed by atoms with Gasteiger partial charge in [-0.15, -0.1) is 0 Å². The van der Waals surface area contributed by atoms with Gasteiger partial charge in [0.25, 0.3) is 5.91 Å². The molecule has 4 heteroatoms. The summed E-state index contributed by atoms with van der Waals surface area (Å²) in [6.45, 7) is 2.82. The van der Waals surface area contributed by atoms with Crippen molar-refractivity contribution in [1.82, 2.24) is 15.2 Å². The SMILES string of the molecule is O=C(NC1C2CNCC21)c1cccn1Cc1ccccc1. The Morgan fingerprint density at radius 2 is 1.90 bits per heavy atom. The summed E-state index contributed by atoms with van der Waals surface area (Å²) in [7, 11) is 0. The van der Waals surface area contributed by atoms with E-state index in [1.54, 1.807) is 0 Å². The summed E-state index contributed by atoms with van der Waals surface area (Å²) < 4.78 is 2.01. The quantitative estimate of drug-likeness (QED) is 0.892. The van der Waals surface area contributed by atoms with Crippen molar-refractivity contribution in [3.8, 4) is 0 Å². The van der Waals surface area contributed by atoms with Gasteiger partial charge >= 0.3 is 0 Å². The van der Waals surface area contributed by atoms with Gasteiger partial charge in [-0.05, 0) is 29.5 Å². The normalized spacial score (nSPS) is 26.4. The molecule has 2 heterocycles. The van der Waals surface area contributed by atoms with Crippen molar-refractivity contribution in [2.75, 3.05) is 13.1 Å². The van der Waals surface area contributed by atoms with E-state index in [-0.39, 0.29) is 5.91 Å². The smallest absolute Gasteiger partial charge is 0.268 e. The monoisotopic (exact) mass is 281 g/mol. The van der Waals surface area contributed by atoms with Gasteiger partial charge in [-0.1, -0.05) is 30.3 Å². The van der Waals surface area contributed by atoms with Crippen LogP contribution in [-0.2, 0) is 6.54 Å². The largest absolute Gasteiger partial charge is 0.347 e. The van der Waals surface area contributed by atoms with Crippen LogP contribution in [0.15, 0.2) is 48.7 Å². The zero-order chi connectivity index (χ0) is 14.2. The lowest BCUT2D eigenvalue weighted by Gasteiger charge is -2.11. The Balaban J connectivity index is 1.46. The third-order valence-electron chi connectivity index (χ3n) is 4.65. The molecule has 0 spiro atoms. The van der Waals surface area contributed by atoms with Crippen molar-refractivity contribution < 1.29 is 4.79 Å². The number of rotatable bonds is 4. The Bertz CT molecular complexity index is 639. The summed E-state index contributed by atoms with van der Waals surface area (Å²) in [5.74, 6) is 1.34. The first-order valence-electron chi connectivity index (χ1n) is 7.53. The molecule has 2 fully saturated rings. The molecule has 1 amide bonds. The molecule has 1 aromatic heterocycles. The third kappa shape index (κ3) is 2.36. The molecule has 1 saturated carbocycles. The summed E-state index contributed by atoms with van der Waals surface area (Å²) in [6.07, 6.45) is 1.97. The minimum absolute atomic E-state index is 0.0512. The van der Waals surface area contributed by atoms with Crippen molar-refractivity contribution in [3.05, 3.63) is 59.9 Å². The van der Waals surface area contributed by atoms with Gasteiger partial charge < -0.3 is 15.2 Å². The van der Waals surface area contributed by atoms with Crippen LogP contribution in [0.4, 0.5) is 0 Å². The average molecular weight is 281 g/mol. The Hall–Kier alpha value is -2.07. The van der Waals surface area contributed by atoms with Crippen LogP contribution in [0.2, 0.25) is 0 Å². The van der Waals surface area contributed by atoms with Gasteiger partial charge in [-0.25, -0.2) is 0 Å². The van der Waals surface area contributed by atoms with Gasteiger partial charge in [-0.3, -0.25) is 4.79 Å². The van der Waals surface area contributed by atoms with Crippen LogP contribution in [0.5, 0.6) is 0 Å². The number of fused-ring (bicyclic) bond motifs is 1. The Labute approximate surface area is 124 Å². The van der Waals surface area contributed by atoms with Crippen molar-refractivity contribution >= 4 is 5.91 Å². The highest BCUT2D eigenvalue weighted by atomic mass is 16.2. The zero-order valence-corrected chi connectivity index (χ0v) is 11.8. The molecule has 108 valence electrons. The summed E-state index contributed by atoms with van der Waals surface area (Å²) in [5.41, 5.74) is 1.95. The van der Waals surface area contributed by atoms with Crippen LogP contribution in [0.1, 0.15) is 16.1 Å². The number of piperidine rings is 1. The fraction of sp³-hybridized carbons (Fsp3) is 0.353. The van der Waals surface area contributed by atoms with Crippen LogP contribution < -0.4 is 10.6 Å². The minimum Gasteiger partial charge on any atom is -0.347 e. The number of carbonyl (C=O) groups is 1. The molecule has 1 aliphatic carbocycles. The van der Waals surface area contributed by atoms with E-state index in [2.05, 4.69) is 22.8 Å². The molecular weight excluding hydrogens is 262 g/mol. The standard InChI is InChI=1S/C17H19N3O/c21-17(19-16-13-9-18-10-14(13)16)15-7-4-8-20(15)11-12-5-2-1-3-6-12/h1-8,13-14,16,18H,9-11H2,(H,19,21). The van der Waals surface area contributed by atoms with E-state index in [0.717, 1.165) is 25.3 Å². The van der Waals surface area contributed by atoms with Gasteiger partial charge in [-0.2, -0.15) is 0 Å². The first kappa shape index (κ1) is 12.7. The van der Waals surface area contributed by atoms with Crippen LogP contribution in [0.3, 0.4) is 0 Å². The summed E-state index contributed by atoms with van der Waals surface area (Å²) >= 11 is 0. The maximum absolute atomic E-state index is 12.4. The molecule has 1 aliphatic heterocycles. The fourth-order valence-electron chi connectivity index (χ4n) is 3.40. The lowest BCUT2D eigenvalue weighted by atomic mass is 10.2. The Morgan fingerprint density at radius 3 is 2.67 bits per heavy atom. The zero-order valence-electron chi connectivity index (χ0n) is 11.8. The highest BCUT2D eigenvalue weighted by Crippen LogP contribution is 2.41. The number of carbonyl (C=O) groups excluding carboxylic acids is 1. The Morgan fingerprint density at radius 1 is 1.14 bits per heavy atom. The number of aromatic nitrogens is 1. The number of hydrogen-bond donors (Lipinski definition) is 2. The maximum atomic E-state index is 12.4. The predicted octanol–water partition coefficient (Wildman–Crippen LogP) is 1.48. The van der Waals surface area contributed by atoms with Crippen molar-refractivity contribution in [3.63, 3.8) is 0 Å². The molecule has 1 aromatic carbocycles. The van der Waals surface area contributed by atoms with Gasteiger partial charge in [0, 0.05) is 31.9 Å². The van der Waals surface area contributed by atoms with Gasteiger partial charge in [0.2, 0.25) is 0 Å². The Kier molecular flexibility index (Phi) is 3.04. The van der Waals surface area contributed by atoms with E-state index < -0.39 is 0 Å². The van der Waals surface area contributed by atoms with E-state index in [1.807, 2.05) is 41.1 Å². The molecule has 2 atom stereocenters. The number of nitrogens with one attached hydrogen (secondary N) is 2. The lowest BCUT2D eigenvalue weighted by Crippen LogP contribution is -2.33. The van der Waals surface area contributed by atoms with E-state index in [4.69, 9.17) is 0 Å². The van der Waals surface area contributed by atoms with Crippen LogP contribution >= 0.6 is 0 Å². The van der Waals surface area contributed by atoms with E-state index >= 15 is 0 Å². The fourth-order valence-corrected chi connectivity index (χ4v) is 3.40. The second-order valence-corrected chi connectivity index (χ2v) is 5.99. The molecule has 2 unspecified atom stereocenters. The highest BCUT2D eigenvalue weighted by molar-refractivity contribution is 5.93. The second-order valence-electron chi connectivity index (χ2n) is 5.99. The van der Waals surface area contributed by atoms with E-state index in [1.165, 1.54) is 5.56 Å². The predicted molar refractivity (Wildman–Crippen MR) is 81.1 cm³/mol. The molecule has 2 aromatic rings. The third-order valence-corrected chi connectivity index (χ3v) is 4.65. The topological polar surface area (TPSA) is 46.1 Å². The summed E-state index contributed by atoms with van der Waals surface area (Å²) in [5, 5.41) is 6.53. The highest BCUT2D eigenvalue weighted by Gasteiger charge is 2.53. The van der Waals surface area contributed by atoms with Gasteiger partial charge in [0.1, 0.15) is 5.69 Å². The summed E-state index contributed by atoms with van der Waals surface area (Å²) in [4.78, 5) is 12.4. The summed E-state index contributed by atoms with van der Waals surface area (Å²) in [6, 6.07) is 14.4. The molecule has 4 nitrogen and oxygen atoms in total. The molecule has 0 bridgehead atoms. The molecule has 1 saturated heterocycles. The first-order chi connectivity index (χ1) is 10.3. The van der Waals surface area contributed by atoms with Crippen molar-refractivity contribution in [2.24, 2.45) is 11.8 Å². The number of nitrogens with zero attached hydrogens (tertiary/aromatic N) is 1. The van der Waals surface area contributed by atoms with Crippen LogP contribution in [-0.4, -0.2) is 29.6 Å². The molecule has 2 N–H and O–H groups in total. The number of benzene rings is 1. The molecule has 4 rings (SSSR count). The first-order valence-corrected chi connectivity index (χ1v) is 7.53. The van der Waals surface area contributed by atoms with Gasteiger partial charge in [0.05, 0.1) is 0 Å². The second kappa shape index (κ2) is 5.04. The average Bonchev–Trinajstić information content (AvgIpc) is 2.92. The number of amides is 1. The van der Waals surface area contributed by atoms with Gasteiger partial charge in [0.15, 0.2) is 0 Å². The minimum atomic E-state index is 0.0512. The molecular formula is C17H19N3O. The van der Waals surface area contributed by atoms with E-state index in [0.29, 0.717) is 17.9 Å². The molecule has 2 aliphatic rings. The van der Waals surface area contributed by atoms with E-state index in [9.17, 15) is 4.79 Å². The lowest BCUT2D eigenvalue weighted by molar-refractivity contribution is 0.0937. The van der Waals surface area contributed by atoms with Crippen molar-refractivity contribution in [1.29, 1.82) is 0 Å². The number of hydrogen-bond acceptors (Lipinski definition) is 2. The van der Waals surface area contributed by atoms with Crippen molar-refractivity contribution in [2.45, 2.75) is 12.6 Å².